The van der Waals surface area contributed by atoms with Crippen molar-refractivity contribution in [1.29, 1.82) is 0 Å². The molecule has 0 bridgehead atoms. The minimum Gasteiger partial charge on any atom is -0.398 e. The van der Waals surface area contributed by atoms with Crippen LogP contribution in [-0.2, 0) is 0 Å². The quantitative estimate of drug-likeness (QED) is 0.517. The van der Waals surface area contributed by atoms with Crippen molar-refractivity contribution < 1.29 is 0 Å². The zero-order valence-electron chi connectivity index (χ0n) is 6.40. The van der Waals surface area contributed by atoms with E-state index in [0.717, 1.165) is 5.56 Å². The Morgan fingerprint density at radius 1 is 1.33 bits per heavy atom. The molecule has 1 rings (SSSR count). The summed E-state index contributed by atoms with van der Waals surface area (Å²) in [5.41, 5.74) is 12.4. The summed E-state index contributed by atoms with van der Waals surface area (Å²) in [4.78, 5) is 4.14. The highest BCUT2D eigenvalue weighted by molar-refractivity contribution is 7.80. The topological polar surface area (TPSA) is 64.9 Å². The maximum atomic E-state index is 5.66. The van der Waals surface area contributed by atoms with E-state index in [2.05, 4.69) is 17.2 Å². The van der Waals surface area contributed by atoms with Crippen molar-refractivity contribution in [3.8, 4) is 0 Å². The molecule has 0 aliphatic carbocycles. The molecular formula is C8H9N3S. The first-order valence-electron chi connectivity index (χ1n) is 3.37. The molecule has 62 valence electrons. The van der Waals surface area contributed by atoms with E-state index in [4.69, 9.17) is 11.5 Å². The van der Waals surface area contributed by atoms with E-state index in [1.54, 1.807) is 30.6 Å². The fourth-order valence-electron chi connectivity index (χ4n) is 0.781. The van der Waals surface area contributed by atoms with Crippen molar-refractivity contribution in [2.75, 3.05) is 0 Å². The number of thiocarbonyl (C=S) groups is 1. The van der Waals surface area contributed by atoms with Crippen LogP contribution in [0.3, 0.4) is 0 Å². The number of aromatic nitrogens is 1. The van der Waals surface area contributed by atoms with Crippen LogP contribution in [-0.4, -0.2) is 9.97 Å². The zero-order chi connectivity index (χ0) is 8.97. The van der Waals surface area contributed by atoms with Crippen LogP contribution in [0.5, 0.6) is 0 Å². The molecule has 0 fully saturated rings. The van der Waals surface area contributed by atoms with Gasteiger partial charge in [0.05, 0.1) is 4.99 Å². The molecule has 1 aromatic heterocycles. The summed E-state index contributed by atoms with van der Waals surface area (Å²) in [6.45, 7) is 0. The molecule has 12 heavy (non-hydrogen) atoms. The Bertz CT molecular complexity index is 305. The van der Waals surface area contributed by atoms with E-state index < -0.39 is 0 Å². The lowest BCUT2D eigenvalue weighted by Crippen LogP contribution is -2.07. The smallest absolute Gasteiger partial charge is 0.0982 e. The van der Waals surface area contributed by atoms with Gasteiger partial charge in [0, 0.05) is 23.7 Å². The highest BCUT2D eigenvalue weighted by Crippen LogP contribution is 2.05. The minimum absolute atomic E-state index is 0.282. The van der Waals surface area contributed by atoms with E-state index in [9.17, 15) is 0 Å². The third-order valence-electron chi connectivity index (χ3n) is 1.31. The molecule has 0 amide bonds. The number of pyridine rings is 1. The third kappa shape index (κ3) is 2.32. The highest BCUT2D eigenvalue weighted by Gasteiger charge is 1.94. The maximum Gasteiger partial charge on any atom is 0.0982 e. The van der Waals surface area contributed by atoms with Gasteiger partial charge in [-0.15, -0.1) is 0 Å². The van der Waals surface area contributed by atoms with E-state index in [1.807, 2.05) is 0 Å². The second-order valence-electron chi connectivity index (χ2n) is 2.24. The molecule has 1 heterocycles. The lowest BCUT2D eigenvalue weighted by Gasteiger charge is -1.98. The number of nitrogens with two attached hydrogens (primary N) is 2. The Morgan fingerprint density at radius 3 is 2.42 bits per heavy atom. The molecule has 0 aliphatic rings. The van der Waals surface area contributed by atoms with Crippen molar-refractivity contribution in [1.82, 2.24) is 4.98 Å². The lowest BCUT2D eigenvalue weighted by atomic mass is 10.2. The fraction of sp³-hybridized carbons (Fsp3) is 0. The van der Waals surface area contributed by atoms with Gasteiger partial charge in [0.1, 0.15) is 0 Å². The molecule has 0 aliphatic heterocycles. The SMILES string of the molecule is NC(=S)/C=C(/N)c1ccncc1. The summed E-state index contributed by atoms with van der Waals surface area (Å²) in [5.74, 6) is 0. The van der Waals surface area contributed by atoms with Gasteiger partial charge in [-0.05, 0) is 18.2 Å². The maximum absolute atomic E-state index is 5.66. The van der Waals surface area contributed by atoms with Crippen LogP contribution in [0.1, 0.15) is 5.56 Å². The summed E-state index contributed by atoms with van der Waals surface area (Å²) < 4.78 is 0. The summed E-state index contributed by atoms with van der Waals surface area (Å²) >= 11 is 4.68. The zero-order valence-corrected chi connectivity index (χ0v) is 7.21. The van der Waals surface area contributed by atoms with Gasteiger partial charge in [-0.1, -0.05) is 12.2 Å². The van der Waals surface area contributed by atoms with E-state index in [1.165, 1.54) is 0 Å². The Balaban J connectivity index is 2.93. The predicted octanol–water partition coefficient (Wildman–Crippen LogP) is 0.667. The standard InChI is InChI=1S/C8H9N3S/c9-7(5-8(10)12)6-1-3-11-4-2-6/h1-5H,9H2,(H2,10,12)/b7-5+. The van der Waals surface area contributed by atoms with Gasteiger partial charge in [-0.2, -0.15) is 0 Å². The van der Waals surface area contributed by atoms with Gasteiger partial charge >= 0.3 is 0 Å². The predicted molar refractivity (Wildman–Crippen MR) is 53.2 cm³/mol. The molecule has 0 saturated heterocycles. The van der Waals surface area contributed by atoms with Crippen LogP contribution in [0.25, 0.3) is 5.70 Å². The van der Waals surface area contributed by atoms with Gasteiger partial charge in [0.2, 0.25) is 0 Å². The molecule has 0 atom stereocenters. The third-order valence-corrected chi connectivity index (χ3v) is 1.43. The van der Waals surface area contributed by atoms with Crippen LogP contribution < -0.4 is 11.5 Å². The molecular weight excluding hydrogens is 170 g/mol. The monoisotopic (exact) mass is 179 g/mol. The van der Waals surface area contributed by atoms with Gasteiger partial charge in [0.25, 0.3) is 0 Å². The van der Waals surface area contributed by atoms with E-state index in [0.29, 0.717) is 5.70 Å². The van der Waals surface area contributed by atoms with Crippen molar-refractivity contribution in [3.63, 3.8) is 0 Å². The van der Waals surface area contributed by atoms with Crippen LogP contribution in [0, 0.1) is 0 Å². The fourth-order valence-corrected chi connectivity index (χ4v) is 0.908. The average molecular weight is 179 g/mol. The molecule has 1 aromatic rings. The van der Waals surface area contributed by atoms with Gasteiger partial charge in [-0.25, -0.2) is 0 Å². The Labute approximate surface area is 76.1 Å². The number of nitrogens with zero attached hydrogens (tertiary/aromatic N) is 1. The van der Waals surface area contributed by atoms with Gasteiger partial charge in [0.15, 0.2) is 0 Å². The van der Waals surface area contributed by atoms with Crippen molar-refractivity contribution in [3.05, 3.63) is 36.2 Å². The first kappa shape index (κ1) is 8.67. The molecule has 4 heteroatoms. The van der Waals surface area contributed by atoms with Crippen LogP contribution >= 0.6 is 12.2 Å². The van der Waals surface area contributed by atoms with Crippen molar-refractivity contribution in [2.24, 2.45) is 11.5 Å². The molecule has 0 saturated carbocycles. The summed E-state index contributed by atoms with van der Waals surface area (Å²) in [5, 5.41) is 0. The first-order valence-corrected chi connectivity index (χ1v) is 3.78. The summed E-state index contributed by atoms with van der Waals surface area (Å²) in [6, 6.07) is 3.59. The van der Waals surface area contributed by atoms with Crippen LogP contribution in [0.15, 0.2) is 30.6 Å². The summed E-state index contributed by atoms with van der Waals surface area (Å²) in [6.07, 6.45) is 4.87. The normalized spacial score (nSPS) is 11.2. The number of hydrogen-bond donors (Lipinski definition) is 2. The van der Waals surface area contributed by atoms with Gasteiger partial charge in [-0.3, -0.25) is 4.98 Å². The molecule has 3 nitrogen and oxygen atoms in total. The Morgan fingerprint density at radius 2 is 1.92 bits per heavy atom. The van der Waals surface area contributed by atoms with Crippen molar-refractivity contribution >= 4 is 22.9 Å². The molecule has 4 N–H and O–H groups in total. The lowest BCUT2D eigenvalue weighted by molar-refractivity contribution is 1.31. The van der Waals surface area contributed by atoms with E-state index in [-0.39, 0.29) is 4.99 Å². The molecule has 0 aromatic carbocycles. The Kier molecular flexibility index (Phi) is 2.76. The van der Waals surface area contributed by atoms with Crippen LogP contribution in [0.2, 0.25) is 0 Å². The largest absolute Gasteiger partial charge is 0.398 e. The minimum atomic E-state index is 0.282. The molecule has 0 spiro atoms. The second-order valence-corrected chi connectivity index (χ2v) is 2.71. The molecule has 0 radical (unpaired) electrons. The Hall–Kier alpha value is -1.42. The number of rotatable bonds is 2. The average Bonchev–Trinajstić information content (AvgIpc) is 2.05. The number of hydrogen-bond acceptors (Lipinski definition) is 3. The second kappa shape index (κ2) is 3.82. The van der Waals surface area contributed by atoms with Crippen molar-refractivity contribution in [2.45, 2.75) is 0 Å². The summed E-state index contributed by atoms with van der Waals surface area (Å²) in [7, 11) is 0. The highest BCUT2D eigenvalue weighted by atomic mass is 32.1. The first-order chi connectivity index (χ1) is 5.70. The van der Waals surface area contributed by atoms with E-state index >= 15 is 0 Å². The van der Waals surface area contributed by atoms with Crippen LogP contribution in [0.4, 0.5) is 0 Å². The molecule has 0 unspecified atom stereocenters. The van der Waals surface area contributed by atoms with Gasteiger partial charge < -0.3 is 11.5 Å².